The zero-order chi connectivity index (χ0) is 19.6. The van der Waals surface area contributed by atoms with E-state index in [1.165, 1.54) is 6.33 Å². The first-order valence-electron chi connectivity index (χ1n) is 9.18. The SMILES string of the molecule is CC(C)(C)C(=O)N1CCC(Cc2cc(-c3cccc(C(=O)O)c3)ncn2)C1. The summed E-state index contributed by atoms with van der Waals surface area (Å²) in [6.45, 7) is 7.39. The number of nitrogens with zero attached hydrogens (tertiary/aromatic N) is 3. The van der Waals surface area contributed by atoms with Gasteiger partial charge < -0.3 is 10.0 Å². The van der Waals surface area contributed by atoms with Crippen molar-refractivity contribution >= 4 is 11.9 Å². The summed E-state index contributed by atoms with van der Waals surface area (Å²) in [5, 5.41) is 9.16. The van der Waals surface area contributed by atoms with Gasteiger partial charge in [-0.25, -0.2) is 14.8 Å². The molecule has 1 aromatic carbocycles. The van der Waals surface area contributed by atoms with E-state index in [4.69, 9.17) is 5.11 Å². The van der Waals surface area contributed by atoms with E-state index in [1.807, 2.05) is 37.8 Å². The minimum atomic E-state index is -0.958. The first-order valence-corrected chi connectivity index (χ1v) is 9.18. The average Bonchev–Trinajstić information content (AvgIpc) is 3.09. The summed E-state index contributed by atoms with van der Waals surface area (Å²) < 4.78 is 0. The first kappa shape index (κ1) is 19.0. The van der Waals surface area contributed by atoms with E-state index in [0.717, 1.165) is 37.2 Å². The Bertz CT molecular complexity index is 858. The van der Waals surface area contributed by atoms with Gasteiger partial charge in [0.2, 0.25) is 5.91 Å². The largest absolute Gasteiger partial charge is 0.478 e. The quantitative estimate of drug-likeness (QED) is 0.897. The molecule has 2 aromatic rings. The minimum Gasteiger partial charge on any atom is -0.478 e. The monoisotopic (exact) mass is 367 g/mol. The third kappa shape index (κ3) is 4.51. The van der Waals surface area contributed by atoms with Crippen LogP contribution < -0.4 is 0 Å². The Morgan fingerprint density at radius 2 is 2.00 bits per heavy atom. The summed E-state index contributed by atoms with van der Waals surface area (Å²) >= 11 is 0. The molecular weight excluding hydrogens is 342 g/mol. The molecule has 1 unspecified atom stereocenters. The molecule has 0 spiro atoms. The van der Waals surface area contributed by atoms with E-state index in [9.17, 15) is 9.59 Å². The second kappa shape index (κ2) is 7.47. The van der Waals surface area contributed by atoms with Crippen LogP contribution in [0.4, 0.5) is 0 Å². The van der Waals surface area contributed by atoms with Crippen LogP contribution in [0.5, 0.6) is 0 Å². The number of rotatable bonds is 4. The van der Waals surface area contributed by atoms with Crippen LogP contribution in [-0.2, 0) is 11.2 Å². The average molecular weight is 367 g/mol. The number of hydrogen-bond acceptors (Lipinski definition) is 4. The Morgan fingerprint density at radius 3 is 2.70 bits per heavy atom. The molecular formula is C21H25N3O3. The van der Waals surface area contributed by atoms with Gasteiger partial charge in [0.25, 0.3) is 0 Å². The molecule has 1 aliphatic rings. The summed E-state index contributed by atoms with van der Waals surface area (Å²) in [5.41, 5.74) is 2.26. The molecule has 0 aliphatic carbocycles. The van der Waals surface area contributed by atoms with E-state index in [0.29, 0.717) is 11.6 Å². The van der Waals surface area contributed by atoms with Gasteiger partial charge in [-0.15, -0.1) is 0 Å². The van der Waals surface area contributed by atoms with Crippen LogP contribution in [0.3, 0.4) is 0 Å². The van der Waals surface area contributed by atoms with E-state index in [1.54, 1.807) is 18.2 Å². The van der Waals surface area contributed by atoms with Crippen molar-refractivity contribution in [2.45, 2.75) is 33.6 Å². The molecule has 1 aliphatic heterocycles. The third-order valence-electron chi connectivity index (χ3n) is 4.84. The Morgan fingerprint density at radius 1 is 1.22 bits per heavy atom. The highest BCUT2D eigenvalue weighted by Crippen LogP contribution is 2.26. The van der Waals surface area contributed by atoms with Gasteiger partial charge in [-0.05, 0) is 37.0 Å². The molecule has 6 heteroatoms. The zero-order valence-corrected chi connectivity index (χ0v) is 16.0. The maximum atomic E-state index is 12.4. The molecule has 0 bridgehead atoms. The Kier molecular flexibility index (Phi) is 5.26. The van der Waals surface area contributed by atoms with E-state index in [2.05, 4.69) is 9.97 Å². The van der Waals surface area contributed by atoms with Crippen molar-refractivity contribution in [2.75, 3.05) is 13.1 Å². The van der Waals surface area contributed by atoms with Crippen LogP contribution >= 0.6 is 0 Å². The topological polar surface area (TPSA) is 83.4 Å². The Labute approximate surface area is 159 Å². The molecule has 1 atom stereocenters. The number of carboxylic acids is 1. The zero-order valence-electron chi connectivity index (χ0n) is 16.0. The third-order valence-corrected chi connectivity index (χ3v) is 4.84. The number of carbonyl (C=O) groups is 2. The molecule has 1 N–H and O–H groups in total. The highest BCUT2D eigenvalue weighted by Gasteiger charge is 2.32. The number of hydrogen-bond donors (Lipinski definition) is 1. The minimum absolute atomic E-state index is 0.193. The van der Waals surface area contributed by atoms with Crippen LogP contribution in [-0.4, -0.2) is 44.9 Å². The fourth-order valence-corrected chi connectivity index (χ4v) is 3.43. The molecule has 1 aromatic heterocycles. The molecule has 3 rings (SSSR count). The fourth-order valence-electron chi connectivity index (χ4n) is 3.43. The summed E-state index contributed by atoms with van der Waals surface area (Å²) in [4.78, 5) is 34.2. The van der Waals surface area contributed by atoms with Crippen molar-refractivity contribution in [1.82, 2.24) is 14.9 Å². The van der Waals surface area contributed by atoms with Crippen LogP contribution in [0, 0.1) is 11.3 Å². The Balaban J connectivity index is 1.71. The molecule has 1 amide bonds. The summed E-state index contributed by atoms with van der Waals surface area (Å²) in [6.07, 6.45) is 3.27. The van der Waals surface area contributed by atoms with Gasteiger partial charge in [-0.3, -0.25) is 4.79 Å². The van der Waals surface area contributed by atoms with Gasteiger partial charge >= 0.3 is 5.97 Å². The lowest BCUT2D eigenvalue weighted by atomic mass is 9.95. The van der Waals surface area contributed by atoms with Gasteiger partial charge in [0.15, 0.2) is 0 Å². The molecule has 0 radical (unpaired) electrons. The maximum absolute atomic E-state index is 12.4. The smallest absolute Gasteiger partial charge is 0.335 e. The predicted octanol–water partition coefficient (Wildman–Crippen LogP) is 3.28. The molecule has 142 valence electrons. The summed E-state index contributed by atoms with van der Waals surface area (Å²) in [5.74, 6) is -0.385. The van der Waals surface area contributed by atoms with Crippen molar-refractivity contribution in [3.8, 4) is 11.3 Å². The number of amides is 1. The van der Waals surface area contributed by atoms with E-state index in [-0.39, 0.29) is 16.9 Å². The lowest BCUT2D eigenvalue weighted by Gasteiger charge is -2.25. The molecule has 27 heavy (non-hydrogen) atoms. The van der Waals surface area contributed by atoms with Crippen molar-refractivity contribution < 1.29 is 14.7 Å². The lowest BCUT2D eigenvalue weighted by Crippen LogP contribution is -2.38. The molecule has 2 heterocycles. The summed E-state index contributed by atoms with van der Waals surface area (Å²) in [6, 6.07) is 8.65. The van der Waals surface area contributed by atoms with Crippen LogP contribution in [0.25, 0.3) is 11.3 Å². The normalized spacial score (nSPS) is 17.1. The number of likely N-dealkylation sites (tertiary alicyclic amines) is 1. The number of benzene rings is 1. The predicted molar refractivity (Wildman–Crippen MR) is 102 cm³/mol. The Hall–Kier alpha value is -2.76. The van der Waals surface area contributed by atoms with Crippen molar-refractivity contribution in [3.63, 3.8) is 0 Å². The van der Waals surface area contributed by atoms with E-state index >= 15 is 0 Å². The highest BCUT2D eigenvalue weighted by molar-refractivity contribution is 5.89. The number of aromatic nitrogens is 2. The number of carboxylic acid groups (broad SMARTS) is 1. The molecule has 1 saturated heterocycles. The van der Waals surface area contributed by atoms with Crippen molar-refractivity contribution in [3.05, 3.63) is 47.9 Å². The number of carbonyl (C=O) groups excluding carboxylic acids is 1. The summed E-state index contributed by atoms with van der Waals surface area (Å²) in [7, 11) is 0. The van der Waals surface area contributed by atoms with Gasteiger partial charge in [-0.1, -0.05) is 32.9 Å². The van der Waals surface area contributed by atoms with Gasteiger partial charge in [0.1, 0.15) is 6.33 Å². The molecule has 6 nitrogen and oxygen atoms in total. The second-order valence-corrected chi connectivity index (χ2v) is 8.14. The van der Waals surface area contributed by atoms with Crippen molar-refractivity contribution in [1.29, 1.82) is 0 Å². The van der Waals surface area contributed by atoms with Crippen LogP contribution in [0.2, 0.25) is 0 Å². The fraction of sp³-hybridized carbons (Fsp3) is 0.429. The second-order valence-electron chi connectivity index (χ2n) is 8.14. The van der Waals surface area contributed by atoms with Crippen molar-refractivity contribution in [2.24, 2.45) is 11.3 Å². The maximum Gasteiger partial charge on any atom is 0.335 e. The van der Waals surface area contributed by atoms with Crippen LogP contribution in [0.15, 0.2) is 36.7 Å². The number of aromatic carboxylic acids is 1. The van der Waals surface area contributed by atoms with Gasteiger partial charge in [0.05, 0.1) is 11.3 Å². The lowest BCUT2D eigenvalue weighted by molar-refractivity contribution is -0.138. The molecule has 0 saturated carbocycles. The van der Waals surface area contributed by atoms with Gasteiger partial charge in [0, 0.05) is 29.8 Å². The first-order chi connectivity index (χ1) is 12.7. The molecule has 1 fully saturated rings. The van der Waals surface area contributed by atoms with Gasteiger partial charge in [-0.2, -0.15) is 0 Å². The van der Waals surface area contributed by atoms with E-state index < -0.39 is 5.97 Å². The highest BCUT2D eigenvalue weighted by atomic mass is 16.4. The standard InChI is InChI=1S/C21H25N3O3/c1-21(2,3)20(27)24-8-7-14(12-24)9-17-11-18(23-13-22-17)15-5-4-6-16(10-15)19(25)26/h4-6,10-11,13-14H,7-9,12H2,1-3H3,(H,25,26). The van der Waals surface area contributed by atoms with Crippen LogP contribution in [0.1, 0.15) is 43.2 Å².